The van der Waals surface area contributed by atoms with Crippen LogP contribution < -0.4 is 10.1 Å². The van der Waals surface area contributed by atoms with E-state index in [0.29, 0.717) is 24.3 Å². The van der Waals surface area contributed by atoms with Crippen LogP contribution in [0.4, 0.5) is 0 Å². The van der Waals surface area contributed by atoms with Gasteiger partial charge in [-0.2, -0.15) is 4.98 Å². The number of hydrogen-bond acceptors (Lipinski definition) is 5. The first-order valence-corrected chi connectivity index (χ1v) is 5.90. The van der Waals surface area contributed by atoms with E-state index >= 15 is 0 Å². The summed E-state index contributed by atoms with van der Waals surface area (Å²) in [7, 11) is 1.63. The molecule has 1 heterocycles. The third-order valence-electron chi connectivity index (χ3n) is 2.48. The Bertz CT molecular complexity index is 508. The SMILES string of the molecule is COc1ccccc1-c1noc(CNC(C)C)n1. The first-order valence-electron chi connectivity index (χ1n) is 5.90. The van der Waals surface area contributed by atoms with Gasteiger partial charge in [0.25, 0.3) is 0 Å². The predicted octanol–water partition coefficient (Wildman–Crippen LogP) is 2.24. The van der Waals surface area contributed by atoms with Gasteiger partial charge in [0.15, 0.2) is 0 Å². The van der Waals surface area contributed by atoms with Gasteiger partial charge in [0.2, 0.25) is 11.7 Å². The van der Waals surface area contributed by atoms with Crippen molar-refractivity contribution in [2.45, 2.75) is 26.4 Å². The quantitative estimate of drug-likeness (QED) is 0.878. The zero-order valence-corrected chi connectivity index (χ0v) is 10.8. The Morgan fingerprint density at radius 2 is 2.11 bits per heavy atom. The van der Waals surface area contributed by atoms with E-state index in [9.17, 15) is 0 Å². The fourth-order valence-electron chi connectivity index (χ4n) is 1.56. The maximum Gasteiger partial charge on any atom is 0.240 e. The predicted molar refractivity (Wildman–Crippen MR) is 68.3 cm³/mol. The molecule has 0 bridgehead atoms. The van der Waals surface area contributed by atoms with Crippen molar-refractivity contribution in [1.82, 2.24) is 15.5 Å². The molecular formula is C13H17N3O2. The number of nitrogens with one attached hydrogen (secondary N) is 1. The van der Waals surface area contributed by atoms with E-state index in [1.165, 1.54) is 0 Å². The Labute approximate surface area is 106 Å². The van der Waals surface area contributed by atoms with Crippen molar-refractivity contribution in [2.75, 3.05) is 7.11 Å². The van der Waals surface area contributed by atoms with Crippen LogP contribution >= 0.6 is 0 Å². The number of hydrogen-bond donors (Lipinski definition) is 1. The van der Waals surface area contributed by atoms with Crippen molar-refractivity contribution in [2.24, 2.45) is 0 Å². The summed E-state index contributed by atoms with van der Waals surface area (Å²) in [4.78, 5) is 4.34. The van der Waals surface area contributed by atoms with E-state index in [-0.39, 0.29) is 0 Å². The van der Waals surface area contributed by atoms with Gasteiger partial charge in [-0.25, -0.2) is 0 Å². The van der Waals surface area contributed by atoms with Gasteiger partial charge in [-0.1, -0.05) is 31.1 Å². The minimum atomic E-state index is 0.381. The average Bonchev–Trinajstić information content (AvgIpc) is 2.85. The second-order valence-electron chi connectivity index (χ2n) is 4.25. The number of benzene rings is 1. The van der Waals surface area contributed by atoms with E-state index in [0.717, 1.165) is 11.3 Å². The molecule has 0 unspecified atom stereocenters. The van der Waals surface area contributed by atoms with E-state index in [4.69, 9.17) is 9.26 Å². The molecule has 0 fully saturated rings. The molecule has 1 N–H and O–H groups in total. The van der Waals surface area contributed by atoms with Gasteiger partial charge in [0, 0.05) is 6.04 Å². The van der Waals surface area contributed by atoms with Crippen LogP contribution in [0.3, 0.4) is 0 Å². The number of para-hydroxylation sites is 1. The van der Waals surface area contributed by atoms with Crippen LogP contribution in [0.25, 0.3) is 11.4 Å². The Morgan fingerprint density at radius 1 is 1.33 bits per heavy atom. The molecule has 0 spiro atoms. The lowest BCUT2D eigenvalue weighted by Gasteiger charge is -2.04. The highest BCUT2D eigenvalue weighted by molar-refractivity contribution is 5.63. The van der Waals surface area contributed by atoms with Crippen LogP contribution in [0.15, 0.2) is 28.8 Å². The van der Waals surface area contributed by atoms with Gasteiger partial charge in [-0.05, 0) is 12.1 Å². The largest absolute Gasteiger partial charge is 0.496 e. The minimum absolute atomic E-state index is 0.381. The Hall–Kier alpha value is -1.88. The van der Waals surface area contributed by atoms with E-state index in [1.54, 1.807) is 7.11 Å². The van der Waals surface area contributed by atoms with Crippen LogP contribution in [0, 0.1) is 0 Å². The molecule has 2 aromatic rings. The second-order valence-corrected chi connectivity index (χ2v) is 4.25. The van der Waals surface area contributed by atoms with Gasteiger partial charge in [0.05, 0.1) is 19.2 Å². The number of rotatable bonds is 5. The van der Waals surface area contributed by atoms with Gasteiger partial charge < -0.3 is 14.6 Å². The zero-order chi connectivity index (χ0) is 13.0. The molecular weight excluding hydrogens is 230 g/mol. The Balaban J connectivity index is 2.18. The van der Waals surface area contributed by atoms with Crippen LogP contribution in [0.2, 0.25) is 0 Å². The van der Waals surface area contributed by atoms with Crippen molar-refractivity contribution in [3.63, 3.8) is 0 Å². The van der Waals surface area contributed by atoms with Crippen LogP contribution in [0.5, 0.6) is 5.75 Å². The third-order valence-corrected chi connectivity index (χ3v) is 2.48. The molecule has 18 heavy (non-hydrogen) atoms. The average molecular weight is 247 g/mol. The van der Waals surface area contributed by atoms with Crippen molar-refractivity contribution in [3.8, 4) is 17.1 Å². The van der Waals surface area contributed by atoms with Gasteiger partial charge in [-0.3, -0.25) is 0 Å². The van der Waals surface area contributed by atoms with Crippen molar-refractivity contribution < 1.29 is 9.26 Å². The van der Waals surface area contributed by atoms with Crippen molar-refractivity contribution in [3.05, 3.63) is 30.2 Å². The number of aromatic nitrogens is 2. The van der Waals surface area contributed by atoms with Crippen LogP contribution in [0.1, 0.15) is 19.7 Å². The highest BCUT2D eigenvalue weighted by Crippen LogP contribution is 2.26. The highest BCUT2D eigenvalue weighted by atomic mass is 16.5. The van der Waals surface area contributed by atoms with E-state index in [1.807, 2.05) is 24.3 Å². The molecule has 5 nitrogen and oxygen atoms in total. The normalized spacial score (nSPS) is 10.9. The fraction of sp³-hybridized carbons (Fsp3) is 0.385. The van der Waals surface area contributed by atoms with Gasteiger partial charge in [-0.15, -0.1) is 0 Å². The van der Waals surface area contributed by atoms with Crippen molar-refractivity contribution >= 4 is 0 Å². The number of ether oxygens (including phenoxy) is 1. The van der Waals surface area contributed by atoms with Gasteiger partial charge >= 0.3 is 0 Å². The Kier molecular flexibility index (Phi) is 3.94. The topological polar surface area (TPSA) is 60.2 Å². The lowest BCUT2D eigenvalue weighted by Crippen LogP contribution is -2.21. The van der Waals surface area contributed by atoms with Crippen molar-refractivity contribution in [1.29, 1.82) is 0 Å². The van der Waals surface area contributed by atoms with Gasteiger partial charge in [0.1, 0.15) is 5.75 Å². The number of nitrogens with zero attached hydrogens (tertiary/aromatic N) is 2. The molecule has 5 heteroatoms. The fourth-order valence-corrected chi connectivity index (χ4v) is 1.56. The maximum absolute atomic E-state index is 5.27. The molecule has 2 rings (SSSR count). The minimum Gasteiger partial charge on any atom is -0.496 e. The molecule has 0 aliphatic rings. The molecule has 0 radical (unpaired) electrons. The molecule has 0 saturated carbocycles. The second kappa shape index (κ2) is 5.64. The van der Waals surface area contributed by atoms with Crippen LogP contribution in [-0.2, 0) is 6.54 Å². The molecule has 0 aliphatic carbocycles. The summed E-state index contributed by atoms with van der Waals surface area (Å²) in [5, 5.41) is 7.19. The van der Waals surface area contributed by atoms with E-state index < -0.39 is 0 Å². The lowest BCUT2D eigenvalue weighted by molar-refractivity contribution is 0.361. The summed E-state index contributed by atoms with van der Waals surface area (Å²) < 4.78 is 10.5. The smallest absolute Gasteiger partial charge is 0.240 e. The molecule has 0 saturated heterocycles. The summed E-state index contributed by atoms with van der Waals surface area (Å²) in [6.07, 6.45) is 0. The summed E-state index contributed by atoms with van der Waals surface area (Å²) in [6, 6.07) is 7.98. The highest BCUT2D eigenvalue weighted by Gasteiger charge is 2.12. The first kappa shape index (κ1) is 12.6. The standard InChI is InChI=1S/C13H17N3O2/c1-9(2)14-8-12-15-13(16-18-12)10-6-4-5-7-11(10)17-3/h4-7,9,14H,8H2,1-3H3. The summed E-state index contributed by atoms with van der Waals surface area (Å²) in [5.41, 5.74) is 0.833. The maximum atomic E-state index is 5.27. The van der Waals surface area contributed by atoms with Crippen LogP contribution in [-0.4, -0.2) is 23.3 Å². The zero-order valence-electron chi connectivity index (χ0n) is 10.8. The summed E-state index contributed by atoms with van der Waals surface area (Å²) >= 11 is 0. The summed E-state index contributed by atoms with van der Waals surface area (Å²) in [5.74, 6) is 1.86. The monoisotopic (exact) mass is 247 g/mol. The molecule has 1 aromatic carbocycles. The third kappa shape index (κ3) is 2.87. The van der Waals surface area contributed by atoms with E-state index in [2.05, 4.69) is 29.3 Å². The summed E-state index contributed by atoms with van der Waals surface area (Å²) in [6.45, 7) is 4.70. The lowest BCUT2D eigenvalue weighted by atomic mass is 10.2. The first-order chi connectivity index (χ1) is 8.70. The number of methoxy groups -OCH3 is 1. The molecule has 96 valence electrons. The molecule has 0 amide bonds. The molecule has 0 aliphatic heterocycles. The molecule has 1 aromatic heterocycles. The molecule has 0 atom stereocenters. The Morgan fingerprint density at radius 3 is 2.83 bits per heavy atom.